The second-order valence-corrected chi connectivity index (χ2v) is 7.82. The van der Waals surface area contributed by atoms with Gasteiger partial charge in [-0.2, -0.15) is 0 Å². The molecule has 1 aromatic carbocycles. The van der Waals surface area contributed by atoms with Gasteiger partial charge in [0.05, 0.1) is 4.90 Å². The number of anilines is 1. The van der Waals surface area contributed by atoms with Gasteiger partial charge in [0.15, 0.2) is 0 Å². The zero-order chi connectivity index (χ0) is 18.6. The molecule has 1 aromatic heterocycles. The number of amides is 1. The molecule has 0 saturated carbocycles. The van der Waals surface area contributed by atoms with Crippen LogP contribution in [0, 0.1) is 0 Å². The topological polar surface area (TPSA) is 96.6 Å². The monoisotopic (exact) mass is 374 g/mol. The number of hydrogen-bond donors (Lipinski definition) is 1. The van der Waals surface area contributed by atoms with Crippen molar-refractivity contribution >= 4 is 21.6 Å². The minimum Gasteiger partial charge on any atom is -0.368 e. The predicted molar refractivity (Wildman–Crippen MR) is 99.2 cm³/mol. The molecule has 0 radical (unpaired) electrons. The van der Waals surface area contributed by atoms with Crippen LogP contribution in [0.15, 0.2) is 53.7 Å². The number of nitrogens with two attached hydrogens (primary N) is 1. The molecular formula is C18H22N4O3S. The highest BCUT2D eigenvalue weighted by Gasteiger charge is 2.21. The number of nitrogens with zero attached hydrogens (tertiary/aromatic N) is 3. The summed E-state index contributed by atoms with van der Waals surface area (Å²) in [5.74, 6) is 0.158. The smallest absolute Gasteiger partial charge is 0.238 e. The highest BCUT2D eigenvalue weighted by Crippen LogP contribution is 2.19. The second-order valence-electron chi connectivity index (χ2n) is 6.26. The molecule has 26 heavy (non-hydrogen) atoms. The molecule has 1 fully saturated rings. The Morgan fingerprint density at radius 3 is 2.19 bits per heavy atom. The minimum atomic E-state index is -3.67. The number of pyridine rings is 1. The number of piperazine rings is 1. The number of aryl methyl sites for hydroxylation is 1. The van der Waals surface area contributed by atoms with E-state index in [1.165, 1.54) is 12.1 Å². The lowest BCUT2D eigenvalue weighted by atomic mass is 10.1. The Labute approximate surface area is 153 Å². The summed E-state index contributed by atoms with van der Waals surface area (Å²) in [6.07, 6.45) is 4.68. The van der Waals surface area contributed by atoms with Gasteiger partial charge in [0.25, 0.3) is 0 Å². The molecule has 138 valence electrons. The third-order valence-electron chi connectivity index (χ3n) is 4.54. The number of hydrogen-bond acceptors (Lipinski definition) is 5. The molecule has 2 aromatic rings. The SMILES string of the molecule is NS(=O)(=O)c1ccc(N2CCN(C(=O)CCc3ccncc3)CC2)cc1. The molecule has 1 aliphatic rings. The lowest BCUT2D eigenvalue weighted by Gasteiger charge is -2.36. The average Bonchev–Trinajstić information content (AvgIpc) is 2.66. The number of rotatable bonds is 5. The van der Waals surface area contributed by atoms with Crippen LogP contribution >= 0.6 is 0 Å². The maximum Gasteiger partial charge on any atom is 0.238 e. The first-order valence-electron chi connectivity index (χ1n) is 8.48. The second kappa shape index (κ2) is 7.84. The first kappa shape index (κ1) is 18.3. The summed E-state index contributed by atoms with van der Waals surface area (Å²) in [5.41, 5.74) is 2.04. The van der Waals surface area contributed by atoms with E-state index in [1.54, 1.807) is 24.5 Å². The first-order valence-corrected chi connectivity index (χ1v) is 10.0. The van der Waals surface area contributed by atoms with E-state index in [4.69, 9.17) is 5.14 Å². The van der Waals surface area contributed by atoms with Gasteiger partial charge < -0.3 is 9.80 Å². The molecule has 1 amide bonds. The molecule has 0 unspecified atom stereocenters. The van der Waals surface area contributed by atoms with Crippen molar-refractivity contribution in [2.45, 2.75) is 17.7 Å². The molecule has 0 bridgehead atoms. The predicted octanol–water partition coefficient (Wildman–Crippen LogP) is 1.01. The van der Waals surface area contributed by atoms with Crippen molar-refractivity contribution in [3.05, 3.63) is 54.4 Å². The average molecular weight is 374 g/mol. The maximum atomic E-state index is 12.4. The fourth-order valence-electron chi connectivity index (χ4n) is 3.02. The summed E-state index contributed by atoms with van der Waals surface area (Å²) < 4.78 is 22.6. The van der Waals surface area contributed by atoms with Crippen LogP contribution < -0.4 is 10.0 Å². The molecule has 2 N–H and O–H groups in total. The van der Waals surface area contributed by atoms with Crippen LogP contribution in [-0.4, -0.2) is 50.4 Å². The number of primary sulfonamides is 1. The van der Waals surface area contributed by atoms with Crippen molar-refractivity contribution < 1.29 is 13.2 Å². The number of carbonyl (C=O) groups is 1. The van der Waals surface area contributed by atoms with Gasteiger partial charge in [-0.3, -0.25) is 9.78 Å². The van der Waals surface area contributed by atoms with Crippen molar-refractivity contribution in [3.63, 3.8) is 0 Å². The van der Waals surface area contributed by atoms with Crippen molar-refractivity contribution in [2.24, 2.45) is 5.14 Å². The van der Waals surface area contributed by atoms with Gasteiger partial charge in [0, 0.05) is 50.7 Å². The molecule has 1 saturated heterocycles. The zero-order valence-corrected chi connectivity index (χ0v) is 15.2. The van der Waals surface area contributed by atoms with Crippen LogP contribution in [0.4, 0.5) is 5.69 Å². The van der Waals surface area contributed by atoms with E-state index in [-0.39, 0.29) is 10.8 Å². The Bertz CT molecular complexity index is 846. The van der Waals surface area contributed by atoms with E-state index in [0.29, 0.717) is 19.5 Å². The normalized spacial score (nSPS) is 15.1. The molecule has 3 rings (SSSR count). The van der Waals surface area contributed by atoms with Gasteiger partial charge in [-0.1, -0.05) is 0 Å². The van der Waals surface area contributed by atoms with E-state index in [0.717, 1.165) is 30.8 Å². The largest absolute Gasteiger partial charge is 0.368 e. The van der Waals surface area contributed by atoms with Gasteiger partial charge in [0.2, 0.25) is 15.9 Å². The van der Waals surface area contributed by atoms with E-state index < -0.39 is 10.0 Å². The molecule has 7 nitrogen and oxygen atoms in total. The summed E-state index contributed by atoms with van der Waals surface area (Å²) in [4.78, 5) is 20.5. The first-order chi connectivity index (χ1) is 12.4. The Balaban J connectivity index is 1.51. The highest BCUT2D eigenvalue weighted by atomic mass is 32.2. The number of sulfonamides is 1. The lowest BCUT2D eigenvalue weighted by molar-refractivity contribution is -0.131. The lowest BCUT2D eigenvalue weighted by Crippen LogP contribution is -2.48. The Kier molecular flexibility index (Phi) is 5.53. The van der Waals surface area contributed by atoms with Gasteiger partial charge in [0.1, 0.15) is 0 Å². The van der Waals surface area contributed by atoms with Crippen LogP contribution in [-0.2, 0) is 21.2 Å². The Hall–Kier alpha value is -2.45. The third-order valence-corrected chi connectivity index (χ3v) is 5.47. The molecule has 1 aliphatic heterocycles. The van der Waals surface area contributed by atoms with E-state index in [1.807, 2.05) is 17.0 Å². The number of carbonyl (C=O) groups excluding carboxylic acids is 1. The molecular weight excluding hydrogens is 352 g/mol. The van der Waals surface area contributed by atoms with Gasteiger partial charge in [-0.25, -0.2) is 13.6 Å². The van der Waals surface area contributed by atoms with Gasteiger partial charge in [-0.05, 0) is 48.4 Å². The summed E-state index contributed by atoms with van der Waals surface area (Å²) in [6, 6.07) is 10.4. The van der Waals surface area contributed by atoms with Crippen molar-refractivity contribution in [1.29, 1.82) is 0 Å². The van der Waals surface area contributed by atoms with Crippen LogP contribution in [0.25, 0.3) is 0 Å². The Morgan fingerprint density at radius 1 is 1.00 bits per heavy atom. The van der Waals surface area contributed by atoms with E-state index >= 15 is 0 Å². The van der Waals surface area contributed by atoms with Crippen LogP contribution in [0.1, 0.15) is 12.0 Å². The summed E-state index contributed by atoms with van der Waals surface area (Å²) >= 11 is 0. The summed E-state index contributed by atoms with van der Waals surface area (Å²) in [5, 5.41) is 5.12. The fourth-order valence-corrected chi connectivity index (χ4v) is 3.53. The minimum absolute atomic E-state index is 0.103. The quantitative estimate of drug-likeness (QED) is 0.842. The van der Waals surface area contributed by atoms with Crippen LogP contribution in [0.2, 0.25) is 0 Å². The molecule has 0 atom stereocenters. The van der Waals surface area contributed by atoms with E-state index in [2.05, 4.69) is 9.88 Å². The zero-order valence-electron chi connectivity index (χ0n) is 14.4. The van der Waals surface area contributed by atoms with Crippen molar-refractivity contribution in [1.82, 2.24) is 9.88 Å². The van der Waals surface area contributed by atoms with Gasteiger partial charge >= 0.3 is 0 Å². The number of aromatic nitrogens is 1. The summed E-state index contributed by atoms with van der Waals surface area (Å²) in [7, 11) is -3.67. The molecule has 2 heterocycles. The van der Waals surface area contributed by atoms with E-state index in [9.17, 15) is 13.2 Å². The highest BCUT2D eigenvalue weighted by molar-refractivity contribution is 7.89. The molecule has 0 spiro atoms. The van der Waals surface area contributed by atoms with Crippen LogP contribution in [0.5, 0.6) is 0 Å². The molecule has 0 aliphatic carbocycles. The third kappa shape index (κ3) is 4.59. The maximum absolute atomic E-state index is 12.4. The van der Waals surface area contributed by atoms with Crippen molar-refractivity contribution in [2.75, 3.05) is 31.1 Å². The van der Waals surface area contributed by atoms with Gasteiger partial charge in [-0.15, -0.1) is 0 Å². The van der Waals surface area contributed by atoms with Crippen LogP contribution in [0.3, 0.4) is 0 Å². The van der Waals surface area contributed by atoms with Crippen molar-refractivity contribution in [3.8, 4) is 0 Å². The fraction of sp³-hybridized carbons (Fsp3) is 0.333. The standard InChI is InChI=1S/C18H22N4O3S/c19-26(24,25)17-4-2-16(3-5-17)21-11-13-22(14-12-21)18(23)6-1-15-7-9-20-10-8-15/h2-5,7-10H,1,6,11-14H2,(H2,19,24,25). The Morgan fingerprint density at radius 2 is 1.62 bits per heavy atom. The number of benzene rings is 1. The summed E-state index contributed by atoms with van der Waals surface area (Å²) in [6.45, 7) is 2.75. The molecule has 8 heteroatoms.